The Hall–Kier alpha value is -1.36. The summed E-state index contributed by atoms with van der Waals surface area (Å²) in [5, 5.41) is 2.51. The molecule has 1 aromatic rings. The van der Waals surface area contributed by atoms with Gasteiger partial charge in [-0.2, -0.15) is 0 Å². The maximum Gasteiger partial charge on any atom is 0.168 e. The largest absolute Gasteiger partial charge is 0.399 e. The first-order chi connectivity index (χ1) is 5.59. The van der Waals surface area contributed by atoms with Crippen molar-refractivity contribution in [3.63, 3.8) is 0 Å². The predicted molar refractivity (Wildman–Crippen MR) is 51.2 cm³/mol. The van der Waals surface area contributed by atoms with Crippen molar-refractivity contribution in [2.45, 2.75) is 0 Å². The number of halogens is 1. The van der Waals surface area contributed by atoms with Crippen LogP contribution in [0.25, 0.3) is 0 Å². The molecule has 0 heterocycles. The standard InChI is InChI=1S/C7H8FN3S/c8-5-3-4(9)1-2-6(5)11-7(10)12/h1-3H,9H2,(H3,10,11,12). The van der Waals surface area contributed by atoms with Crippen LogP contribution in [0.2, 0.25) is 0 Å². The number of thiocarbonyl (C=S) groups is 1. The Morgan fingerprint density at radius 2 is 2.17 bits per heavy atom. The molecule has 5 heteroatoms. The van der Waals surface area contributed by atoms with Crippen molar-refractivity contribution in [2.24, 2.45) is 5.73 Å². The number of rotatable bonds is 1. The molecule has 0 aliphatic heterocycles. The van der Waals surface area contributed by atoms with Gasteiger partial charge in [0.25, 0.3) is 0 Å². The van der Waals surface area contributed by atoms with E-state index in [1.807, 2.05) is 0 Å². The van der Waals surface area contributed by atoms with Crippen molar-refractivity contribution in [3.8, 4) is 0 Å². The Morgan fingerprint density at radius 3 is 2.67 bits per heavy atom. The molecule has 64 valence electrons. The minimum Gasteiger partial charge on any atom is -0.399 e. The topological polar surface area (TPSA) is 64.1 Å². The van der Waals surface area contributed by atoms with E-state index in [-0.39, 0.29) is 10.8 Å². The first-order valence-electron chi connectivity index (χ1n) is 3.21. The van der Waals surface area contributed by atoms with Crippen molar-refractivity contribution in [3.05, 3.63) is 24.0 Å². The summed E-state index contributed by atoms with van der Waals surface area (Å²) >= 11 is 4.54. The summed E-state index contributed by atoms with van der Waals surface area (Å²) in [4.78, 5) is 0. The zero-order valence-corrected chi connectivity index (χ0v) is 6.99. The minimum atomic E-state index is -0.470. The molecule has 0 saturated heterocycles. The number of benzene rings is 1. The number of anilines is 2. The van der Waals surface area contributed by atoms with Gasteiger partial charge >= 0.3 is 0 Å². The van der Waals surface area contributed by atoms with Gasteiger partial charge < -0.3 is 16.8 Å². The van der Waals surface area contributed by atoms with Crippen LogP contribution in [0.1, 0.15) is 0 Å². The highest BCUT2D eigenvalue weighted by molar-refractivity contribution is 7.80. The molecule has 0 radical (unpaired) electrons. The summed E-state index contributed by atoms with van der Waals surface area (Å²) in [6.07, 6.45) is 0. The second kappa shape index (κ2) is 3.36. The molecule has 0 bridgehead atoms. The molecule has 0 amide bonds. The van der Waals surface area contributed by atoms with Crippen molar-refractivity contribution >= 4 is 28.7 Å². The van der Waals surface area contributed by atoms with E-state index < -0.39 is 5.82 Å². The van der Waals surface area contributed by atoms with Crippen LogP contribution in [0.4, 0.5) is 15.8 Å². The van der Waals surface area contributed by atoms with E-state index >= 15 is 0 Å². The Labute approximate surface area is 74.6 Å². The van der Waals surface area contributed by atoms with Gasteiger partial charge in [-0.15, -0.1) is 0 Å². The molecule has 0 unspecified atom stereocenters. The monoisotopic (exact) mass is 185 g/mol. The van der Waals surface area contributed by atoms with Crippen molar-refractivity contribution in [2.75, 3.05) is 11.1 Å². The van der Waals surface area contributed by atoms with E-state index in [1.54, 1.807) is 6.07 Å². The molecule has 0 spiro atoms. The molecule has 0 fully saturated rings. The lowest BCUT2D eigenvalue weighted by atomic mass is 10.3. The Balaban J connectivity index is 2.93. The molecule has 3 nitrogen and oxygen atoms in total. The number of nitrogen functional groups attached to an aromatic ring is 1. The first kappa shape index (κ1) is 8.73. The van der Waals surface area contributed by atoms with Crippen LogP contribution in [-0.2, 0) is 0 Å². The summed E-state index contributed by atoms with van der Waals surface area (Å²) < 4.78 is 13.0. The molecule has 0 aromatic heterocycles. The highest BCUT2D eigenvalue weighted by Crippen LogP contribution is 2.16. The van der Waals surface area contributed by atoms with E-state index in [2.05, 4.69) is 17.5 Å². The van der Waals surface area contributed by atoms with Crippen molar-refractivity contribution in [1.29, 1.82) is 0 Å². The van der Waals surface area contributed by atoms with Gasteiger partial charge in [-0.05, 0) is 30.4 Å². The fourth-order valence-corrected chi connectivity index (χ4v) is 0.875. The van der Waals surface area contributed by atoms with Crippen LogP contribution in [0.3, 0.4) is 0 Å². The lowest BCUT2D eigenvalue weighted by molar-refractivity contribution is 0.633. The molecule has 1 rings (SSSR count). The number of hydrogen-bond donors (Lipinski definition) is 3. The van der Waals surface area contributed by atoms with E-state index in [0.717, 1.165) is 0 Å². The summed E-state index contributed by atoms with van der Waals surface area (Å²) in [5.41, 5.74) is 11.1. The fraction of sp³-hybridized carbons (Fsp3) is 0. The molecular formula is C7H8FN3S. The van der Waals surface area contributed by atoms with Crippen LogP contribution in [-0.4, -0.2) is 5.11 Å². The summed E-state index contributed by atoms with van der Waals surface area (Å²) in [5.74, 6) is -0.470. The molecular weight excluding hydrogens is 177 g/mol. The molecule has 1 aromatic carbocycles. The lowest BCUT2D eigenvalue weighted by Gasteiger charge is -2.04. The average molecular weight is 185 g/mol. The van der Waals surface area contributed by atoms with Gasteiger partial charge in [0.1, 0.15) is 5.82 Å². The quantitative estimate of drug-likeness (QED) is 0.452. The highest BCUT2D eigenvalue weighted by Gasteiger charge is 2.01. The van der Waals surface area contributed by atoms with Gasteiger partial charge in [0.15, 0.2) is 5.11 Å². The third kappa shape index (κ3) is 2.06. The van der Waals surface area contributed by atoms with Gasteiger partial charge in [-0.1, -0.05) is 0 Å². The zero-order chi connectivity index (χ0) is 9.14. The molecule has 0 atom stereocenters. The van der Waals surface area contributed by atoms with E-state index in [4.69, 9.17) is 11.5 Å². The molecule has 0 aliphatic carbocycles. The van der Waals surface area contributed by atoms with Gasteiger partial charge in [0.05, 0.1) is 5.69 Å². The Bertz CT molecular complexity index is 314. The molecule has 0 aliphatic rings. The smallest absolute Gasteiger partial charge is 0.168 e. The van der Waals surface area contributed by atoms with Crippen LogP contribution in [0, 0.1) is 5.82 Å². The van der Waals surface area contributed by atoms with Crippen LogP contribution in [0.5, 0.6) is 0 Å². The number of nitrogens with one attached hydrogen (secondary N) is 1. The van der Waals surface area contributed by atoms with Crippen LogP contribution >= 0.6 is 12.2 Å². The fourth-order valence-electron chi connectivity index (χ4n) is 0.765. The Kier molecular flexibility index (Phi) is 2.44. The lowest BCUT2D eigenvalue weighted by Crippen LogP contribution is -2.19. The van der Waals surface area contributed by atoms with E-state index in [0.29, 0.717) is 5.69 Å². The van der Waals surface area contributed by atoms with Gasteiger partial charge in [-0.25, -0.2) is 4.39 Å². The maximum absolute atomic E-state index is 13.0. The minimum absolute atomic E-state index is 0.0265. The maximum atomic E-state index is 13.0. The van der Waals surface area contributed by atoms with Crippen molar-refractivity contribution in [1.82, 2.24) is 0 Å². The third-order valence-electron chi connectivity index (χ3n) is 1.25. The van der Waals surface area contributed by atoms with Crippen LogP contribution < -0.4 is 16.8 Å². The molecule has 5 N–H and O–H groups in total. The van der Waals surface area contributed by atoms with Gasteiger partial charge in [0.2, 0.25) is 0 Å². The second-order valence-electron chi connectivity index (χ2n) is 2.23. The van der Waals surface area contributed by atoms with E-state index in [1.165, 1.54) is 12.1 Å². The molecule has 12 heavy (non-hydrogen) atoms. The number of hydrogen-bond acceptors (Lipinski definition) is 2. The molecule has 0 saturated carbocycles. The summed E-state index contributed by atoms with van der Waals surface area (Å²) in [6, 6.07) is 4.23. The SMILES string of the molecule is NC(=S)Nc1ccc(N)cc1F. The summed E-state index contributed by atoms with van der Waals surface area (Å²) in [6.45, 7) is 0. The average Bonchev–Trinajstić information content (AvgIpc) is 1.94. The predicted octanol–water partition coefficient (Wildman–Crippen LogP) is 1.06. The summed E-state index contributed by atoms with van der Waals surface area (Å²) in [7, 11) is 0. The van der Waals surface area contributed by atoms with Gasteiger partial charge in [-0.3, -0.25) is 0 Å². The van der Waals surface area contributed by atoms with Crippen LogP contribution in [0.15, 0.2) is 18.2 Å². The Morgan fingerprint density at radius 1 is 1.50 bits per heavy atom. The highest BCUT2D eigenvalue weighted by atomic mass is 32.1. The van der Waals surface area contributed by atoms with E-state index in [9.17, 15) is 4.39 Å². The van der Waals surface area contributed by atoms with Crippen molar-refractivity contribution < 1.29 is 4.39 Å². The van der Waals surface area contributed by atoms with Gasteiger partial charge in [0, 0.05) is 5.69 Å². The second-order valence-corrected chi connectivity index (χ2v) is 2.67. The number of nitrogens with two attached hydrogens (primary N) is 2. The normalized spacial score (nSPS) is 9.42. The third-order valence-corrected chi connectivity index (χ3v) is 1.35. The zero-order valence-electron chi connectivity index (χ0n) is 6.17. The first-order valence-corrected chi connectivity index (χ1v) is 3.62.